The number of anilines is 1. The second-order valence-electron chi connectivity index (χ2n) is 5.86. The van der Waals surface area contributed by atoms with Crippen LogP contribution in [0.3, 0.4) is 0 Å². The van der Waals surface area contributed by atoms with Gasteiger partial charge in [-0.15, -0.1) is 0 Å². The highest BCUT2D eigenvalue weighted by molar-refractivity contribution is 7.98. The molecule has 1 saturated carbocycles. The van der Waals surface area contributed by atoms with E-state index >= 15 is 0 Å². The summed E-state index contributed by atoms with van der Waals surface area (Å²) in [5.41, 5.74) is 1.06. The monoisotopic (exact) mass is 335 g/mol. The molecule has 0 N–H and O–H groups in total. The van der Waals surface area contributed by atoms with Crippen molar-refractivity contribution in [2.24, 2.45) is 0 Å². The van der Waals surface area contributed by atoms with Crippen LogP contribution in [0, 0.1) is 0 Å². The van der Waals surface area contributed by atoms with E-state index in [0.717, 1.165) is 35.4 Å². The van der Waals surface area contributed by atoms with Gasteiger partial charge in [0.05, 0.1) is 13.2 Å². The topological polar surface area (TPSA) is 47.5 Å². The van der Waals surface area contributed by atoms with Crippen molar-refractivity contribution < 1.29 is 9.47 Å². The fourth-order valence-electron chi connectivity index (χ4n) is 3.24. The van der Waals surface area contributed by atoms with E-state index in [9.17, 15) is 0 Å². The summed E-state index contributed by atoms with van der Waals surface area (Å²) in [5.74, 6) is 2.05. The molecule has 0 aromatic carbocycles. The predicted molar refractivity (Wildman–Crippen MR) is 93.8 cm³/mol. The SMILES string of the molecule is CCOCCOC1=Cc2cnc(SC)nc2N(C2CCCC2)C1. The number of hydrogen-bond acceptors (Lipinski definition) is 6. The average molecular weight is 335 g/mol. The van der Waals surface area contributed by atoms with Crippen molar-refractivity contribution in [1.29, 1.82) is 0 Å². The van der Waals surface area contributed by atoms with Crippen molar-refractivity contribution in [3.63, 3.8) is 0 Å². The molecule has 2 heterocycles. The van der Waals surface area contributed by atoms with Gasteiger partial charge in [-0.1, -0.05) is 24.6 Å². The molecule has 1 aromatic rings. The largest absolute Gasteiger partial charge is 0.494 e. The lowest BCUT2D eigenvalue weighted by Gasteiger charge is -2.34. The lowest BCUT2D eigenvalue weighted by Crippen LogP contribution is -2.38. The Labute approximate surface area is 142 Å². The maximum atomic E-state index is 5.92. The predicted octanol–water partition coefficient (Wildman–Crippen LogP) is 3.36. The summed E-state index contributed by atoms with van der Waals surface area (Å²) in [6, 6.07) is 0.567. The first-order chi connectivity index (χ1) is 11.3. The maximum Gasteiger partial charge on any atom is 0.189 e. The maximum absolute atomic E-state index is 5.92. The number of rotatable bonds is 7. The van der Waals surface area contributed by atoms with E-state index in [0.29, 0.717) is 19.3 Å². The third-order valence-corrected chi connectivity index (χ3v) is 4.92. The van der Waals surface area contributed by atoms with Gasteiger partial charge < -0.3 is 14.4 Å². The van der Waals surface area contributed by atoms with Crippen LogP contribution in [0.25, 0.3) is 6.08 Å². The second kappa shape index (κ2) is 8.02. The zero-order valence-electron chi connectivity index (χ0n) is 14.0. The smallest absolute Gasteiger partial charge is 0.189 e. The molecule has 1 aromatic heterocycles. The second-order valence-corrected chi connectivity index (χ2v) is 6.63. The van der Waals surface area contributed by atoms with Gasteiger partial charge in [-0.2, -0.15) is 0 Å². The van der Waals surface area contributed by atoms with E-state index in [1.807, 2.05) is 19.4 Å². The molecule has 1 aliphatic heterocycles. The standard InChI is InChI=1S/C17H25N3O2S/c1-3-21-8-9-22-15-10-13-11-18-17(23-2)19-16(13)20(12-15)14-6-4-5-7-14/h10-11,14H,3-9,12H2,1-2H3. The molecule has 0 bridgehead atoms. The highest BCUT2D eigenvalue weighted by Gasteiger charge is 2.29. The Kier molecular flexibility index (Phi) is 5.78. The van der Waals surface area contributed by atoms with Gasteiger partial charge in [-0.25, -0.2) is 9.97 Å². The molecule has 0 spiro atoms. The molecule has 23 heavy (non-hydrogen) atoms. The minimum Gasteiger partial charge on any atom is -0.494 e. The number of hydrogen-bond donors (Lipinski definition) is 0. The van der Waals surface area contributed by atoms with E-state index in [1.54, 1.807) is 11.8 Å². The summed E-state index contributed by atoms with van der Waals surface area (Å²) in [4.78, 5) is 11.6. The van der Waals surface area contributed by atoms with Gasteiger partial charge in [0, 0.05) is 24.4 Å². The lowest BCUT2D eigenvalue weighted by atomic mass is 10.1. The van der Waals surface area contributed by atoms with Crippen LogP contribution in [-0.4, -0.2) is 48.6 Å². The highest BCUT2D eigenvalue weighted by Crippen LogP contribution is 2.34. The van der Waals surface area contributed by atoms with Crippen molar-refractivity contribution >= 4 is 23.7 Å². The number of aromatic nitrogens is 2. The Morgan fingerprint density at radius 2 is 2.13 bits per heavy atom. The third-order valence-electron chi connectivity index (χ3n) is 4.36. The minimum atomic E-state index is 0.567. The van der Waals surface area contributed by atoms with Gasteiger partial charge in [0.25, 0.3) is 0 Å². The fraction of sp³-hybridized carbons (Fsp3) is 0.647. The van der Waals surface area contributed by atoms with Gasteiger partial charge >= 0.3 is 0 Å². The van der Waals surface area contributed by atoms with Crippen LogP contribution in [-0.2, 0) is 9.47 Å². The molecule has 5 nitrogen and oxygen atoms in total. The summed E-state index contributed by atoms with van der Waals surface area (Å²) in [6.45, 7) is 4.75. The Hall–Kier alpha value is -1.27. The van der Waals surface area contributed by atoms with E-state index < -0.39 is 0 Å². The molecular formula is C17H25N3O2S. The summed E-state index contributed by atoms with van der Waals surface area (Å²) >= 11 is 1.59. The van der Waals surface area contributed by atoms with Crippen molar-refractivity contribution in [1.82, 2.24) is 9.97 Å². The van der Waals surface area contributed by atoms with Crippen molar-refractivity contribution in [3.8, 4) is 0 Å². The molecule has 0 atom stereocenters. The minimum absolute atomic E-state index is 0.567. The molecule has 0 saturated heterocycles. The molecule has 3 rings (SSSR count). The van der Waals surface area contributed by atoms with Gasteiger partial charge in [-0.05, 0) is 32.1 Å². The molecule has 0 amide bonds. The van der Waals surface area contributed by atoms with Crippen LogP contribution in [0.5, 0.6) is 0 Å². The molecule has 0 radical (unpaired) electrons. The molecule has 126 valence electrons. The van der Waals surface area contributed by atoms with Crippen LogP contribution < -0.4 is 4.90 Å². The quantitative estimate of drug-likeness (QED) is 0.433. The van der Waals surface area contributed by atoms with Crippen molar-refractivity contribution in [2.75, 3.05) is 37.5 Å². The van der Waals surface area contributed by atoms with Gasteiger partial charge in [0.2, 0.25) is 0 Å². The fourth-order valence-corrected chi connectivity index (χ4v) is 3.58. The first-order valence-electron chi connectivity index (χ1n) is 8.40. The molecular weight excluding hydrogens is 310 g/mol. The lowest BCUT2D eigenvalue weighted by molar-refractivity contribution is 0.0828. The molecule has 0 unspecified atom stereocenters. The summed E-state index contributed by atoms with van der Waals surface area (Å²) in [5, 5.41) is 0.834. The average Bonchev–Trinajstić information content (AvgIpc) is 3.12. The normalized spacial score (nSPS) is 18.0. The molecule has 1 aliphatic carbocycles. The number of ether oxygens (including phenoxy) is 2. The van der Waals surface area contributed by atoms with E-state index in [2.05, 4.69) is 16.0 Å². The van der Waals surface area contributed by atoms with Gasteiger partial charge in [0.15, 0.2) is 5.16 Å². The molecule has 1 fully saturated rings. The Morgan fingerprint density at radius 3 is 2.87 bits per heavy atom. The van der Waals surface area contributed by atoms with E-state index in [4.69, 9.17) is 14.5 Å². The van der Waals surface area contributed by atoms with Crippen molar-refractivity contribution in [2.45, 2.75) is 43.8 Å². The summed E-state index contributed by atoms with van der Waals surface area (Å²) < 4.78 is 11.3. The van der Waals surface area contributed by atoms with Gasteiger partial charge in [-0.3, -0.25) is 0 Å². The Bertz CT molecular complexity index is 559. The highest BCUT2D eigenvalue weighted by atomic mass is 32.2. The first kappa shape index (κ1) is 16.6. The number of fused-ring (bicyclic) bond motifs is 1. The van der Waals surface area contributed by atoms with Crippen LogP contribution in [0.2, 0.25) is 0 Å². The molecule has 6 heteroatoms. The Morgan fingerprint density at radius 1 is 1.30 bits per heavy atom. The van der Waals surface area contributed by atoms with Crippen LogP contribution in [0.1, 0.15) is 38.2 Å². The number of nitrogens with zero attached hydrogens (tertiary/aromatic N) is 3. The first-order valence-corrected chi connectivity index (χ1v) is 9.63. The molecule has 2 aliphatic rings. The third kappa shape index (κ3) is 3.98. The van der Waals surface area contributed by atoms with Gasteiger partial charge in [0.1, 0.15) is 18.2 Å². The Balaban J connectivity index is 1.79. The number of thioether (sulfide) groups is 1. The van der Waals surface area contributed by atoms with E-state index in [1.165, 1.54) is 25.7 Å². The zero-order valence-corrected chi connectivity index (χ0v) is 14.8. The van der Waals surface area contributed by atoms with Crippen molar-refractivity contribution in [3.05, 3.63) is 17.5 Å². The van der Waals surface area contributed by atoms with Crippen LogP contribution in [0.15, 0.2) is 17.1 Å². The summed E-state index contributed by atoms with van der Waals surface area (Å²) in [7, 11) is 0. The zero-order chi connectivity index (χ0) is 16.1. The summed E-state index contributed by atoms with van der Waals surface area (Å²) in [6.07, 6.45) is 11.1. The van der Waals surface area contributed by atoms with E-state index in [-0.39, 0.29) is 0 Å². The van der Waals surface area contributed by atoms with Crippen LogP contribution >= 0.6 is 11.8 Å². The van der Waals surface area contributed by atoms with Crippen LogP contribution in [0.4, 0.5) is 5.82 Å².